The van der Waals surface area contributed by atoms with E-state index in [4.69, 9.17) is 23.1 Å². The maximum atomic E-state index is 14.3. The van der Waals surface area contributed by atoms with Crippen LogP contribution in [-0.2, 0) is 6.42 Å². The molecule has 5 N–H and O–H groups in total. The molecule has 9 nitrogen and oxygen atoms in total. The summed E-state index contributed by atoms with van der Waals surface area (Å²) in [5.41, 5.74) is 12.1. The number of nitrogen functional groups attached to an aromatic ring is 2. The van der Waals surface area contributed by atoms with Gasteiger partial charge >= 0.3 is 6.09 Å². The molecule has 2 aromatic heterocycles. The van der Waals surface area contributed by atoms with Gasteiger partial charge in [0.15, 0.2) is 23.3 Å². The zero-order chi connectivity index (χ0) is 24.0. The summed E-state index contributed by atoms with van der Waals surface area (Å²) in [5.74, 6) is -4.01. The Labute approximate surface area is 189 Å². The Morgan fingerprint density at radius 2 is 1.82 bits per heavy atom. The molecule has 33 heavy (non-hydrogen) atoms. The van der Waals surface area contributed by atoms with Gasteiger partial charge in [0.05, 0.1) is 11.2 Å². The van der Waals surface area contributed by atoms with Gasteiger partial charge in [-0.3, -0.25) is 4.90 Å². The Morgan fingerprint density at radius 3 is 2.45 bits per heavy atom. The van der Waals surface area contributed by atoms with E-state index in [1.54, 1.807) is 18.2 Å². The first-order valence-electron chi connectivity index (χ1n) is 9.27. The summed E-state index contributed by atoms with van der Waals surface area (Å²) in [6.07, 6.45) is -1.59. The van der Waals surface area contributed by atoms with E-state index in [0.29, 0.717) is 22.0 Å². The Balaban J connectivity index is 1.88. The van der Waals surface area contributed by atoms with Crippen LogP contribution in [0.25, 0.3) is 16.9 Å². The number of rotatable bonds is 4. The van der Waals surface area contributed by atoms with Crippen molar-refractivity contribution in [3.8, 4) is 5.95 Å². The van der Waals surface area contributed by atoms with Crippen molar-refractivity contribution in [1.82, 2.24) is 19.7 Å². The van der Waals surface area contributed by atoms with Crippen molar-refractivity contribution >= 4 is 45.9 Å². The van der Waals surface area contributed by atoms with Gasteiger partial charge in [-0.1, -0.05) is 11.6 Å². The summed E-state index contributed by atoms with van der Waals surface area (Å²) >= 11 is 6.10. The largest absolute Gasteiger partial charge is 0.465 e. The first-order chi connectivity index (χ1) is 15.6. The van der Waals surface area contributed by atoms with Crippen LogP contribution in [0.5, 0.6) is 0 Å². The van der Waals surface area contributed by atoms with E-state index in [0.717, 1.165) is 11.0 Å². The molecule has 0 aliphatic rings. The summed E-state index contributed by atoms with van der Waals surface area (Å²) in [5, 5.41) is 14.3. The number of amides is 1. The van der Waals surface area contributed by atoms with Gasteiger partial charge in [-0.25, -0.2) is 18.0 Å². The SMILES string of the molecule is CN(C(=O)O)c1c(N)nc(-n2nc(Cc3cc(F)cc(F)c3F)c3cc(Cl)ccc32)nc1N. The molecule has 0 atom stereocenters. The zero-order valence-corrected chi connectivity index (χ0v) is 17.6. The van der Waals surface area contributed by atoms with Gasteiger partial charge in [0.2, 0.25) is 0 Å². The number of halogens is 4. The third-order valence-corrected chi connectivity index (χ3v) is 5.12. The lowest BCUT2D eigenvalue weighted by atomic mass is 10.1. The molecule has 0 unspecified atom stereocenters. The highest BCUT2D eigenvalue weighted by molar-refractivity contribution is 6.31. The summed E-state index contributed by atoms with van der Waals surface area (Å²) < 4.78 is 42.8. The number of anilines is 3. The molecule has 0 spiro atoms. The van der Waals surface area contributed by atoms with Crippen LogP contribution in [-0.4, -0.2) is 38.0 Å². The van der Waals surface area contributed by atoms with Crippen molar-refractivity contribution in [2.24, 2.45) is 0 Å². The molecule has 4 aromatic rings. The number of hydrogen-bond donors (Lipinski definition) is 3. The van der Waals surface area contributed by atoms with Gasteiger partial charge in [0.1, 0.15) is 11.5 Å². The quantitative estimate of drug-likeness (QED) is 0.381. The molecule has 0 saturated carbocycles. The van der Waals surface area contributed by atoms with E-state index in [9.17, 15) is 23.1 Å². The molecule has 170 valence electrons. The Kier molecular flexibility index (Phi) is 5.46. The molecule has 0 aliphatic heterocycles. The number of aromatic nitrogens is 4. The Morgan fingerprint density at radius 1 is 1.15 bits per heavy atom. The fourth-order valence-corrected chi connectivity index (χ4v) is 3.54. The van der Waals surface area contributed by atoms with Gasteiger partial charge in [-0.15, -0.1) is 0 Å². The Bertz CT molecular complexity index is 1400. The van der Waals surface area contributed by atoms with E-state index in [1.807, 2.05) is 0 Å². The highest BCUT2D eigenvalue weighted by Gasteiger charge is 2.22. The van der Waals surface area contributed by atoms with E-state index in [-0.39, 0.29) is 40.9 Å². The molecule has 2 heterocycles. The second-order valence-electron chi connectivity index (χ2n) is 7.04. The first kappa shape index (κ1) is 22.1. The standard InChI is InChI=1S/C20H15ClF3N7O2/c1-30(20(32)33)16-17(25)27-19(28-18(16)26)31-14-3-2-9(21)6-11(14)13(29-31)5-8-4-10(22)7-12(23)15(8)24/h2-4,6-7H,5H2,1H3,(H,32,33)(H4,25,26,27,28). The lowest BCUT2D eigenvalue weighted by Crippen LogP contribution is -2.27. The molecular weight excluding hydrogens is 463 g/mol. The Hall–Kier alpha value is -4.06. The normalized spacial score (nSPS) is 11.2. The maximum Gasteiger partial charge on any atom is 0.411 e. The highest BCUT2D eigenvalue weighted by atomic mass is 35.5. The minimum Gasteiger partial charge on any atom is -0.465 e. The highest BCUT2D eigenvalue weighted by Crippen LogP contribution is 2.31. The number of fused-ring (bicyclic) bond motifs is 1. The number of benzene rings is 2. The predicted octanol–water partition coefficient (Wildman–Crippen LogP) is 3.76. The van der Waals surface area contributed by atoms with Crippen molar-refractivity contribution in [3.63, 3.8) is 0 Å². The van der Waals surface area contributed by atoms with Crippen LogP contribution in [0, 0.1) is 17.5 Å². The average Bonchev–Trinajstić information content (AvgIpc) is 3.08. The molecule has 0 radical (unpaired) electrons. The summed E-state index contributed by atoms with van der Waals surface area (Å²) in [6, 6.07) is 6.01. The fraction of sp³-hybridized carbons (Fsp3) is 0.100. The number of nitrogens with two attached hydrogens (primary N) is 2. The van der Waals surface area contributed by atoms with E-state index >= 15 is 0 Å². The fourth-order valence-electron chi connectivity index (χ4n) is 3.37. The third-order valence-electron chi connectivity index (χ3n) is 4.88. The van der Waals surface area contributed by atoms with Crippen LogP contribution in [0.2, 0.25) is 5.02 Å². The smallest absolute Gasteiger partial charge is 0.411 e. The average molecular weight is 478 g/mol. The van der Waals surface area contributed by atoms with Crippen molar-refractivity contribution in [2.45, 2.75) is 6.42 Å². The second-order valence-corrected chi connectivity index (χ2v) is 7.48. The van der Waals surface area contributed by atoms with Crippen LogP contribution in [0.3, 0.4) is 0 Å². The van der Waals surface area contributed by atoms with E-state index in [2.05, 4.69) is 15.1 Å². The summed E-state index contributed by atoms with van der Waals surface area (Å²) in [7, 11) is 1.23. The van der Waals surface area contributed by atoms with Crippen LogP contribution < -0.4 is 16.4 Å². The van der Waals surface area contributed by atoms with Crippen molar-refractivity contribution in [1.29, 1.82) is 0 Å². The first-order valence-corrected chi connectivity index (χ1v) is 9.65. The van der Waals surface area contributed by atoms with Gasteiger partial charge in [0, 0.05) is 29.9 Å². The van der Waals surface area contributed by atoms with Gasteiger partial charge in [-0.2, -0.15) is 19.7 Å². The summed E-state index contributed by atoms with van der Waals surface area (Å²) in [6.45, 7) is 0. The lowest BCUT2D eigenvalue weighted by Gasteiger charge is -2.17. The van der Waals surface area contributed by atoms with E-state index < -0.39 is 23.5 Å². The third kappa shape index (κ3) is 3.96. The van der Waals surface area contributed by atoms with Crippen molar-refractivity contribution in [2.75, 3.05) is 23.4 Å². The van der Waals surface area contributed by atoms with Crippen LogP contribution in [0.4, 0.5) is 35.3 Å². The molecule has 4 rings (SSSR count). The monoisotopic (exact) mass is 477 g/mol. The summed E-state index contributed by atoms with van der Waals surface area (Å²) in [4.78, 5) is 20.2. The molecule has 0 aliphatic carbocycles. The van der Waals surface area contributed by atoms with Crippen molar-refractivity contribution in [3.05, 3.63) is 64.1 Å². The minimum absolute atomic E-state index is 0.1000. The number of hydrogen-bond acceptors (Lipinski definition) is 6. The molecule has 0 fully saturated rings. The van der Waals surface area contributed by atoms with Crippen LogP contribution in [0.1, 0.15) is 11.3 Å². The van der Waals surface area contributed by atoms with Gasteiger partial charge < -0.3 is 16.6 Å². The van der Waals surface area contributed by atoms with Gasteiger partial charge in [0.25, 0.3) is 5.95 Å². The predicted molar refractivity (Wildman–Crippen MR) is 116 cm³/mol. The van der Waals surface area contributed by atoms with Crippen LogP contribution >= 0.6 is 11.6 Å². The van der Waals surface area contributed by atoms with Gasteiger partial charge in [-0.05, 0) is 29.8 Å². The number of carboxylic acid groups (broad SMARTS) is 1. The molecule has 0 bridgehead atoms. The number of carbonyl (C=O) groups is 1. The molecular formula is C20H15ClF3N7O2. The molecule has 13 heteroatoms. The molecule has 0 saturated heterocycles. The molecule has 2 aromatic carbocycles. The molecule has 1 amide bonds. The second kappa shape index (κ2) is 8.13. The lowest BCUT2D eigenvalue weighted by molar-refractivity contribution is 0.203. The zero-order valence-electron chi connectivity index (χ0n) is 16.9. The topological polar surface area (TPSA) is 136 Å². The number of nitrogens with zero attached hydrogens (tertiary/aromatic N) is 5. The van der Waals surface area contributed by atoms with Crippen molar-refractivity contribution < 1.29 is 23.1 Å². The van der Waals surface area contributed by atoms with E-state index in [1.165, 1.54) is 11.7 Å². The minimum atomic E-state index is -1.33. The maximum absolute atomic E-state index is 14.3. The van der Waals surface area contributed by atoms with Crippen LogP contribution in [0.15, 0.2) is 30.3 Å².